The van der Waals surface area contributed by atoms with Crippen molar-refractivity contribution in [2.75, 3.05) is 7.11 Å². The first-order valence-corrected chi connectivity index (χ1v) is 13.1. The van der Waals surface area contributed by atoms with Gasteiger partial charge in [-0.3, -0.25) is 0 Å². The smallest absolute Gasteiger partial charge is 0.143 e. The standard InChI is InChI=1S/C28H42N2O/c1-3-4-5-6-7-8-12-30-20-24(25-10-9-11-26(31-2)27(25)30)19-29-28-16-21-13-22(17-28)15-23(14-21)18-28/h9-11,20-23,29H,3-8,12-19H2,1-2H3. The van der Waals surface area contributed by atoms with Crippen LogP contribution < -0.4 is 10.1 Å². The summed E-state index contributed by atoms with van der Waals surface area (Å²) in [6.45, 7) is 4.39. The second kappa shape index (κ2) is 9.17. The van der Waals surface area contributed by atoms with E-state index in [4.69, 9.17) is 4.74 Å². The second-order valence-corrected chi connectivity index (χ2v) is 11.0. The Morgan fingerprint density at radius 3 is 2.32 bits per heavy atom. The number of aromatic nitrogens is 1. The third-order valence-electron chi connectivity index (χ3n) is 8.61. The molecule has 0 atom stereocenters. The molecule has 3 heteroatoms. The van der Waals surface area contributed by atoms with E-state index in [0.29, 0.717) is 5.54 Å². The number of methoxy groups -OCH3 is 1. The van der Waals surface area contributed by atoms with E-state index in [1.165, 1.54) is 93.5 Å². The summed E-state index contributed by atoms with van der Waals surface area (Å²) in [4.78, 5) is 0. The minimum atomic E-state index is 0.418. The average molecular weight is 423 g/mol. The van der Waals surface area contributed by atoms with Crippen LogP contribution in [-0.4, -0.2) is 17.2 Å². The first kappa shape index (κ1) is 21.4. The lowest BCUT2D eigenvalue weighted by molar-refractivity contribution is -0.0205. The molecule has 1 aromatic carbocycles. The molecule has 0 amide bonds. The van der Waals surface area contributed by atoms with Crippen molar-refractivity contribution >= 4 is 10.9 Å². The van der Waals surface area contributed by atoms with Crippen molar-refractivity contribution in [3.05, 3.63) is 30.0 Å². The number of nitrogens with one attached hydrogen (secondary N) is 1. The molecule has 0 saturated heterocycles. The fraction of sp³-hybridized carbons (Fsp3) is 0.714. The van der Waals surface area contributed by atoms with Crippen LogP contribution >= 0.6 is 0 Å². The number of hydrogen-bond donors (Lipinski definition) is 1. The first-order chi connectivity index (χ1) is 15.2. The number of ether oxygens (including phenoxy) is 1. The van der Waals surface area contributed by atoms with Gasteiger partial charge in [-0.25, -0.2) is 0 Å². The van der Waals surface area contributed by atoms with Gasteiger partial charge in [0.05, 0.1) is 12.6 Å². The molecule has 0 aliphatic heterocycles. The Kier molecular flexibility index (Phi) is 6.32. The summed E-state index contributed by atoms with van der Waals surface area (Å²) in [5.74, 6) is 4.00. The van der Waals surface area contributed by atoms with E-state index in [-0.39, 0.29) is 0 Å². The van der Waals surface area contributed by atoms with Crippen LogP contribution in [0, 0.1) is 17.8 Å². The lowest BCUT2D eigenvalue weighted by Gasteiger charge is -2.57. The molecule has 4 saturated carbocycles. The lowest BCUT2D eigenvalue weighted by atomic mass is 9.53. The third kappa shape index (κ3) is 4.40. The van der Waals surface area contributed by atoms with Gasteiger partial charge >= 0.3 is 0 Å². The highest BCUT2D eigenvalue weighted by Crippen LogP contribution is 2.55. The minimum Gasteiger partial charge on any atom is -0.495 e. The fourth-order valence-electron chi connectivity index (χ4n) is 7.55. The van der Waals surface area contributed by atoms with Gasteiger partial charge in [-0.1, -0.05) is 51.2 Å². The SMILES string of the molecule is CCCCCCCCn1cc(CNC23CC4CC(CC(C4)C2)C3)c2cccc(OC)c21. The number of fused-ring (bicyclic) bond motifs is 1. The van der Waals surface area contributed by atoms with Crippen molar-refractivity contribution in [1.82, 2.24) is 9.88 Å². The minimum absolute atomic E-state index is 0.418. The van der Waals surface area contributed by atoms with Crippen molar-refractivity contribution in [2.24, 2.45) is 17.8 Å². The highest BCUT2D eigenvalue weighted by atomic mass is 16.5. The van der Waals surface area contributed by atoms with Crippen LogP contribution in [0.2, 0.25) is 0 Å². The molecule has 0 spiro atoms. The van der Waals surface area contributed by atoms with Gasteiger partial charge < -0.3 is 14.6 Å². The Morgan fingerprint density at radius 1 is 0.968 bits per heavy atom. The molecule has 6 rings (SSSR count). The van der Waals surface area contributed by atoms with Crippen LogP contribution in [0.4, 0.5) is 0 Å². The molecule has 4 fully saturated rings. The summed E-state index contributed by atoms with van der Waals surface area (Å²) < 4.78 is 8.26. The zero-order chi connectivity index (χ0) is 21.3. The fourth-order valence-corrected chi connectivity index (χ4v) is 7.55. The van der Waals surface area contributed by atoms with E-state index in [2.05, 4.69) is 41.2 Å². The van der Waals surface area contributed by atoms with Crippen LogP contribution in [0.15, 0.2) is 24.4 Å². The van der Waals surface area contributed by atoms with Gasteiger partial charge in [0.2, 0.25) is 0 Å². The van der Waals surface area contributed by atoms with E-state index in [1.54, 1.807) is 0 Å². The summed E-state index contributed by atoms with van der Waals surface area (Å²) in [6.07, 6.45) is 19.2. The number of benzene rings is 1. The molecule has 4 aliphatic carbocycles. The average Bonchev–Trinajstić information content (AvgIpc) is 3.12. The molecule has 0 unspecified atom stereocenters. The molecule has 3 nitrogen and oxygen atoms in total. The quantitative estimate of drug-likeness (QED) is 0.392. The lowest BCUT2D eigenvalue weighted by Crippen LogP contribution is -2.58. The summed E-state index contributed by atoms with van der Waals surface area (Å²) in [5, 5.41) is 5.50. The van der Waals surface area contributed by atoms with Gasteiger partial charge in [0.15, 0.2) is 0 Å². The molecule has 1 N–H and O–H groups in total. The monoisotopic (exact) mass is 422 g/mol. The van der Waals surface area contributed by atoms with Crippen LogP contribution in [-0.2, 0) is 13.1 Å². The largest absolute Gasteiger partial charge is 0.495 e. The normalized spacial score (nSPS) is 29.2. The molecule has 4 bridgehead atoms. The molecular formula is C28H42N2O. The van der Waals surface area contributed by atoms with Crippen LogP contribution in [0.3, 0.4) is 0 Å². The Balaban J connectivity index is 1.30. The zero-order valence-corrected chi connectivity index (χ0v) is 19.8. The maximum atomic E-state index is 5.78. The van der Waals surface area contributed by atoms with Gasteiger partial charge in [-0.15, -0.1) is 0 Å². The maximum absolute atomic E-state index is 5.78. The van der Waals surface area contributed by atoms with E-state index in [0.717, 1.165) is 36.6 Å². The number of hydrogen-bond acceptors (Lipinski definition) is 2. The second-order valence-electron chi connectivity index (χ2n) is 11.0. The first-order valence-electron chi connectivity index (χ1n) is 13.1. The molecule has 0 radical (unpaired) electrons. The van der Waals surface area contributed by atoms with E-state index in [9.17, 15) is 0 Å². The summed E-state index contributed by atoms with van der Waals surface area (Å²) in [7, 11) is 1.81. The van der Waals surface area contributed by atoms with Crippen LogP contribution in [0.1, 0.15) is 89.5 Å². The number of aryl methyl sites for hydroxylation is 1. The van der Waals surface area contributed by atoms with Crippen molar-refractivity contribution in [1.29, 1.82) is 0 Å². The van der Waals surface area contributed by atoms with Crippen LogP contribution in [0.25, 0.3) is 10.9 Å². The summed E-state index contributed by atoms with van der Waals surface area (Å²) in [5.41, 5.74) is 3.16. The molecule has 31 heavy (non-hydrogen) atoms. The Hall–Kier alpha value is -1.48. The molecule has 170 valence electrons. The Bertz CT molecular complexity index is 847. The van der Waals surface area contributed by atoms with Gasteiger partial charge in [0, 0.05) is 30.2 Å². The predicted octanol–water partition coefficient (Wildman–Crippen LogP) is 7.07. The molecule has 1 heterocycles. The molecule has 1 aromatic heterocycles. The van der Waals surface area contributed by atoms with E-state index in [1.807, 2.05) is 7.11 Å². The van der Waals surface area contributed by atoms with Crippen molar-refractivity contribution in [2.45, 2.75) is 103 Å². The highest BCUT2D eigenvalue weighted by Gasteiger charge is 2.50. The number of unbranched alkanes of at least 4 members (excludes halogenated alkanes) is 5. The van der Waals surface area contributed by atoms with E-state index >= 15 is 0 Å². The van der Waals surface area contributed by atoms with Crippen molar-refractivity contribution < 1.29 is 4.74 Å². The van der Waals surface area contributed by atoms with Gasteiger partial charge in [-0.2, -0.15) is 0 Å². The molecule has 4 aliphatic rings. The number of para-hydroxylation sites is 1. The summed E-state index contributed by atoms with van der Waals surface area (Å²) in [6, 6.07) is 6.58. The van der Waals surface area contributed by atoms with Gasteiger partial charge in [-0.05, 0) is 74.3 Å². The topological polar surface area (TPSA) is 26.2 Å². The molecule has 2 aromatic rings. The Morgan fingerprint density at radius 2 is 1.65 bits per heavy atom. The Labute approximate surface area is 188 Å². The van der Waals surface area contributed by atoms with E-state index < -0.39 is 0 Å². The van der Waals surface area contributed by atoms with Crippen molar-refractivity contribution in [3.63, 3.8) is 0 Å². The zero-order valence-electron chi connectivity index (χ0n) is 19.8. The number of rotatable bonds is 11. The van der Waals surface area contributed by atoms with Gasteiger partial charge in [0.25, 0.3) is 0 Å². The summed E-state index contributed by atoms with van der Waals surface area (Å²) >= 11 is 0. The maximum Gasteiger partial charge on any atom is 0.143 e. The number of nitrogens with zero attached hydrogens (tertiary/aromatic N) is 1. The molecular weight excluding hydrogens is 380 g/mol. The van der Waals surface area contributed by atoms with Crippen molar-refractivity contribution in [3.8, 4) is 5.75 Å². The predicted molar refractivity (Wildman–Crippen MR) is 130 cm³/mol. The third-order valence-corrected chi connectivity index (χ3v) is 8.61. The highest BCUT2D eigenvalue weighted by molar-refractivity contribution is 5.89. The van der Waals surface area contributed by atoms with Gasteiger partial charge in [0.1, 0.15) is 5.75 Å². The van der Waals surface area contributed by atoms with Crippen LogP contribution in [0.5, 0.6) is 5.75 Å².